The van der Waals surface area contributed by atoms with Gasteiger partial charge in [0.2, 0.25) is 0 Å². The van der Waals surface area contributed by atoms with Gasteiger partial charge in [-0.05, 0) is 30.2 Å². The number of ether oxygens (including phenoxy) is 1. The van der Waals surface area contributed by atoms with Gasteiger partial charge in [0.1, 0.15) is 11.4 Å². The molecule has 4 heteroatoms. The lowest BCUT2D eigenvalue weighted by molar-refractivity contribution is -0.148. The van der Waals surface area contributed by atoms with Gasteiger partial charge in [0.15, 0.2) is 0 Å². The third kappa shape index (κ3) is 3.47. The molecule has 0 spiro atoms. The molecule has 0 amide bonds. The third-order valence-electron chi connectivity index (χ3n) is 3.48. The summed E-state index contributed by atoms with van der Waals surface area (Å²) < 4.78 is 18.3. The lowest BCUT2D eigenvalue weighted by Gasteiger charge is -2.28. The first-order chi connectivity index (χ1) is 10.1. The van der Waals surface area contributed by atoms with Crippen LogP contribution in [0.25, 0.3) is 0 Å². The van der Waals surface area contributed by atoms with Crippen molar-refractivity contribution in [1.29, 1.82) is 0 Å². The quantitative estimate of drug-likeness (QED) is 0.859. The van der Waals surface area contributed by atoms with E-state index in [2.05, 4.69) is 5.32 Å². The van der Waals surface area contributed by atoms with Crippen LogP contribution in [0.2, 0.25) is 0 Å². The summed E-state index contributed by atoms with van der Waals surface area (Å²) in [7, 11) is 1.32. The Labute approximate surface area is 123 Å². The van der Waals surface area contributed by atoms with E-state index in [9.17, 15) is 9.18 Å². The number of hydrogen-bond donors (Lipinski definition) is 1. The molecule has 1 N–H and O–H groups in total. The largest absolute Gasteiger partial charge is 0.467 e. The van der Waals surface area contributed by atoms with Crippen LogP contribution in [-0.2, 0) is 21.6 Å². The highest BCUT2D eigenvalue weighted by Crippen LogP contribution is 2.23. The molecular formula is C17H18FNO2. The van der Waals surface area contributed by atoms with Crippen LogP contribution in [0.1, 0.15) is 18.1 Å². The van der Waals surface area contributed by atoms with Gasteiger partial charge in [-0.2, -0.15) is 0 Å². The maximum atomic E-state index is 13.4. The van der Waals surface area contributed by atoms with Crippen molar-refractivity contribution < 1.29 is 13.9 Å². The number of rotatable bonds is 5. The van der Waals surface area contributed by atoms with E-state index < -0.39 is 11.5 Å². The zero-order valence-electron chi connectivity index (χ0n) is 12.1. The Bertz CT molecular complexity index is 615. The molecule has 0 aliphatic heterocycles. The molecule has 0 saturated heterocycles. The van der Waals surface area contributed by atoms with Crippen LogP contribution in [0.5, 0.6) is 0 Å². The molecule has 0 bridgehead atoms. The number of esters is 1. The molecule has 2 aromatic rings. The van der Waals surface area contributed by atoms with E-state index in [4.69, 9.17) is 4.74 Å². The minimum atomic E-state index is -1.10. The van der Waals surface area contributed by atoms with Crippen molar-refractivity contribution in [2.24, 2.45) is 0 Å². The molecule has 1 unspecified atom stereocenters. The summed E-state index contributed by atoms with van der Waals surface area (Å²) in [5.74, 6) is -0.840. The minimum absolute atomic E-state index is 0.385. The molecule has 0 aromatic heterocycles. The van der Waals surface area contributed by atoms with Gasteiger partial charge in [-0.15, -0.1) is 0 Å². The molecule has 0 radical (unpaired) electrons. The second-order valence-corrected chi connectivity index (χ2v) is 4.97. The van der Waals surface area contributed by atoms with Crippen LogP contribution in [0, 0.1) is 5.82 Å². The summed E-state index contributed by atoms with van der Waals surface area (Å²) in [6.07, 6.45) is 0. The fraction of sp³-hybridized carbons (Fsp3) is 0.235. The smallest absolute Gasteiger partial charge is 0.330 e. The van der Waals surface area contributed by atoms with Crippen molar-refractivity contribution in [2.75, 3.05) is 7.11 Å². The molecular weight excluding hydrogens is 269 g/mol. The summed E-state index contributed by atoms with van der Waals surface area (Å²) in [6, 6.07) is 15.7. The molecule has 1 atom stereocenters. The Morgan fingerprint density at radius 1 is 1.19 bits per heavy atom. The number of hydrogen-bond acceptors (Lipinski definition) is 3. The molecule has 0 heterocycles. The van der Waals surface area contributed by atoms with Gasteiger partial charge >= 0.3 is 5.97 Å². The molecule has 0 fully saturated rings. The predicted molar refractivity (Wildman–Crippen MR) is 79.0 cm³/mol. The topological polar surface area (TPSA) is 38.3 Å². The van der Waals surface area contributed by atoms with E-state index in [-0.39, 0.29) is 5.82 Å². The lowest BCUT2D eigenvalue weighted by Crippen LogP contribution is -2.47. The normalized spacial score (nSPS) is 13.5. The first-order valence-corrected chi connectivity index (χ1v) is 6.69. The Morgan fingerprint density at radius 3 is 2.52 bits per heavy atom. The van der Waals surface area contributed by atoms with Crippen LogP contribution in [0.3, 0.4) is 0 Å². The molecule has 2 rings (SSSR count). The van der Waals surface area contributed by atoms with E-state index in [0.29, 0.717) is 12.1 Å². The predicted octanol–water partition coefficient (Wildman–Crippen LogP) is 3.00. The summed E-state index contributed by atoms with van der Waals surface area (Å²) in [6.45, 7) is 2.17. The maximum absolute atomic E-state index is 13.4. The molecule has 2 aromatic carbocycles. The van der Waals surface area contributed by atoms with Gasteiger partial charge in [-0.25, -0.2) is 9.18 Å². The monoisotopic (exact) mass is 287 g/mol. The van der Waals surface area contributed by atoms with Crippen molar-refractivity contribution in [3.05, 3.63) is 71.5 Å². The zero-order valence-corrected chi connectivity index (χ0v) is 12.1. The summed E-state index contributed by atoms with van der Waals surface area (Å²) in [5, 5.41) is 3.17. The number of nitrogens with one attached hydrogen (secondary N) is 1. The standard InChI is InChI=1S/C17H18FNO2/c1-17(16(20)21-2,14-9-6-10-15(18)11-14)19-12-13-7-4-3-5-8-13/h3-11,19H,12H2,1-2H3. The van der Waals surface area contributed by atoms with Crippen LogP contribution >= 0.6 is 0 Å². The fourth-order valence-corrected chi connectivity index (χ4v) is 2.17. The summed E-state index contributed by atoms with van der Waals surface area (Å²) in [5.41, 5.74) is 0.460. The molecule has 0 aliphatic carbocycles. The summed E-state index contributed by atoms with van der Waals surface area (Å²) >= 11 is 0. The van der Waals surface area contributed by atoms with Crippen molar-refractivity contribution in [1.82, 2.24) is 5.32 Å². The lowest BCUT2D eigenvalue weighted by atomic mass is 9.91. The number of halogens is 1. The molecule has 21 heavy (non-hydrogen) atoms. The van der Waals surface area contributed by atoms with E-state index in [1.165, 1.54) is 19.2 Å². The van der Waals surface area contributed by atoms with Gasteiger partial charge in [0.05, 0.1) is 7.11 Å². The van der Waals surface area contributed by atoms with E-state index >= 15 is 0 Å². The number of benzene rings is 2. The molecule has 0 saturated carbocycles. The third-order valence-corrected chi connectivity index (χ3v) is 3.48. The first kappa shape index (κ1) is 15.2. The van der Waals surface area contributed by atoms with Crippen LogP contribution in [0.15, 0.2) is 54.6 Å². The van der Waals surface area contributed by atoms with Crippen LogP contribution in [-0.4, -0.2) is 13.1 Å². The number of carbonyl (C=O) groups is 1. The van der Waals surface area contributed by atoms with Crippen molar-refractivity contribution in [3.63, 3.8) is 0 Å². The SMILES string of the molecule is COC(=O)C(C)(NCc1ccccc1)c1cccc(F)c1. The average molecular weight is 287 g/mol. The number of carbonyl (C=O) groups excluding carboxylic acids is 1. The van der Waals surface area contributed by atoms with E-state index in [1.54, 1.807) is 19.1 Å². The highest BCUT2D eigenvalue weighted by molar-refractivity contribution is 5.82. The second kappa shape index (κ2) is 6.50. The fourth-order valence-electron chi connectivity index (χ4n) is 2.17. The second-order valence-electron chi connectivity index (χ2n) is 4.97. The van der Waals surface area contributed by atoms with E-state index in [0.717, 1.165) is 5.56 Å². The van der Waals surface area contributed by atoms with Gasteiger partial charge in [-0.3, -0.25) is 5.32 Å². The Balaban J connectivity index is 2.27. The zero-order chi connectivity index (χ0) is 15.3. The van der Waals surface area contributed by atoms with Crippen molar-refractivity contribution in [2.45, 2.75) is 19.0 Å². The Kier molecular flexibility index (Phi) is 4.70. The molecule has 3 nitrogen and oxygen atoms in total. The van der Waals surface area contributed by atoms with E-state index in [1.807, 2.05) is 30.3 Å². The van der Waals surface area contributed by atoms with Crippen LogP contribution in [0.4, 0.5) is 4.39 Å². The Hall–Kier alpha value is -2.20. The van der Waals surface area contributed by atoms with Crippen LogP contribution < -0.4 is 5.32 Å². The maximum Gasteiger partial charge on any atom is 0.330 e. The summed E-state index contributed by atoms with van der Waals surface area (Å²) in [4.78, 5) is 12.2. The average Bonchev–Trinajstić information content (AvgIpc) is 2.52. The minimum Gasteiger partial charge on any atom is -0.467 e. The highest BCUT2D eigenvalue weighted by atomic mass is 19.1. The van der Waals surface area contributed by atoms with Gasteiger partial charge in [-0.1, -0.05) is 42.5 Å². The number of methoxy groups -OCH3 is 1. The highest BCUT2D eigenvalue weighted by Gasteiger charge is 2.36. The molecule has 110 valence electrons. The Morgan fingerprint density at radius 2 is 1.90 bits per heavy atom. The first-order valence-electron chi connectivity index (χ1n) is 6.69. The van der Waals surface area contributed by atoms with Gasteiger partial charge in [0, 0.05) is 6.54 Å². The van der Waals surface area contributed by atoms with Gasteiger partial charge < -0.3 is 4.74 Å². The van der Waals surface area contributed by atoms with Gasteiger partial charge in [0.25, 0.3) is 0 Å². The van der Waals surface area contributed by atoms with Crippen molar-refractivity contribution in [3.8, 4) is 0 Å². The molecule has 0 aliphatic rings. The van der Waals surface area contributed by atoms with Crippen molar-refractivity contribution >= 4 is 5.97 Å².